The Morgan fingerprint density at radius 2 is 1.87 bits per heavy atom. The number of aliphatic hydroxyl groups is 1. The summed E-state index contributed by atoms with van der Waals surface area (Å²) in [7, 11) is 0. The Bertz CT molecular complexity index is 271. The first-order chi connectivity index (χ1) is 7.24. The molecular weight excluding hydrogens is 188 g/mol. The van der Waals surface area contributed by atoms with E-state index in [1.54, 1.807) is 12.4 Å². The maximum absolute atomic E-state index is 9.79. The van der Waals surface area contributed by atoms with Crippen LogP contribution >= 0.6 is 0 Å². The standard InChI is InChI=1S/C12H20N2O/c1-3-4-5-6-7-11(15)12-13-8-10(2)9-14-12/h8-9,11,15H,3-7H2,1-2H3. The van der Waals surface area contributed by atoms with Crippen LogP contribution < -0.4 is 0 Å². The monoisotopic (exact) mass is 208 g/mol. The van der Waals surface area contributed by atoms with E-state index in [0.717, 1.165) is 18.4 Å². The van der Waals surface area contributed by atoms with E-state index < -0.39 is 6.10 Å². The van der Waals surface area contributed by atoms with Crippen molar-refractivity contribution in [2.45, 2.75) is 52.1 Å². The lowest BCUT2D eigenvalue weighted by Crippen LogP contribution is -2.03. The van der Waals surface area contributed by atoms with E-state index in [9.17, 15) is 5.11 Å². The Labute approximate surface area is 91.6 Å². The highest BCUT2D eigenvalue weighted by atomic mass is 16.3. The SMILES string of the molecule is CCCCCCC(O)c1ncc(C)cn1. The van der Waals surface area contributed by atoms with Crippen LogP contribution in [-0.4, -0.2) is 15.1 Å². The second kappa shape index (κ2) is 6.51. The fraction of sp³-hybridized carbons (Fsp3) is 0.667. The van der Waals surface area contributed by atoms with Gasteiger partial charge in [-0.1, -0.05) is 32.6 Å². The smallest absolute Gasteiger partial charge is 0.156 e. The van der Waals surface area contributed by atoms with Gasteiger partial charge < -0.3 is 5.11 Å². The number of unbranched alkanes of at least 4 members (excludes halogenated alkanes) is 3. The Kier molecular flexibility index (Phi) is 5.26. The molecule has 3 nitrogen and oxygen atoms in total. The largest absolute Gasteiger partial charge is 0.385 e. The summed E-state index contributed by atoms with van der Waals surface area (Å²) >= 11 is 0. The third-order valence-corrected chi connectivity index (χ3v) is 2.43. The molecule has 0 saturated heterocycles. The summed E-state index contributed by atoms with van der Waals surface area (Å²) in [6, 6.07) is 0. The molecule has 0 aromatic carbocycles. The van der Waals surface area contributed by atoms with E-state index in [-0.39, 0.29) is 0 Å². The summed E-state index contributed by atoms with van der Waals surface area (Å²) < 4.78 is 0. The normalized spacial score (nSPS) is 12.7. The molecule has 1 aromatic rings. The molecule has 15 heavy (non-hydrogen) atoms. The van der Waals surface area contributed by atoms with E-state index in [0.29, 0.717) is 5.82 Å². The van der Waals surface area contributed by atoms with Gasteiger partial charge in [0.05, 0.1) is 0 Å². The van der Waals surface area contributed by atoms with Gasteiger partial charge in [0.1, 0.15) is 6.10 Å². The summed E-state index contributed by atoms with van der Waals surface area (Å²) in [5.74, 6) is 0.553. The molecule has 0 saturated carbocycles. The zero-order chi connectivity index (χ0) is 11.1. The number of rotatable bonds is 6. The molecule has 0 spiro atoms. The minimum absolute atomic E-state index is 0.498. The van der Waals surface area contributed by atoms with Crippen LogP contribution in [0.1, 0.15) is 56.5 Å². The molecule has 0 fully saturated rings. The van der Waals surface area contributed by atoms with Crippen LogP contribution in [0.25, 0.3) is 0 Å². The Hall–Kier alpha value is -0.960. The molecule has 0 aliphatic carbocycles. The summed E-state index contributed by atoms with van der Waals surface area (Å²) in [6.07, 6.45) is 8.45. The number of nitrogens with zero attached hydrogens (tertiary/aromatic N) is 2. The van der Waals surface area contributed by atoms with Crippen molar-refractivity contribution >= 4 is 0 Å². The molecule has 1 heterocycles. The molecule has 0 bridgehead atoms. The molecule has 0 aliphatic rings. The van der Waals surface area contributed by atoms with Gasteiger partial charge in [-0.15, -0.1) is 0 Å². The lowest BCUT2D eigenvalue weighted by Gasteiger charge is -2.08. The highest BCUT2D eigenvalue weighted by Gasteiger charge is 2.09. The summed E-state index contributed by atoms with van der Waals surface area (Å²) in [6.45, 7) is 4.12. The van der Waals surface area contributed by atoms with E-state index in [2.05, 4.69) is 16.9 Å². The Morgan fingerprint density at radius 3 is 2.47 bits per heavy atom. The van der Waals surface area contributed by atoms with E-state index in [1.807, 2.05) is 6.92 Å². The van der Waals surface area contributed by atoms with Gasteiger partial charge in [0.25, 0.3) is 0 Å². The van der Waals surface area contributed by atoms with Crippen molar-refractivity contribution in [2.24, 2.45) is 0 Å². The maximum Gasteiger partial charge on any atom is 0.156 e. The lowest BCUT2D eigenvalue weighted by molar-refractivity contribution is 0.153. The van der Waals surface area contributed by atoms with E-state index in [1.165, 1.54) is 19.3 Å². The molecule has 0 radical (unpaired) electrons. The first-order valence-electron chi connectivity index (χ1n) is 5.70. The minimum Gasteiger partial charge on any atom is -0.385 e. The topological polar surface area (TPSA) is 46.0 Å². The number of hydrogen-bond acceptors (Lipinski definition) is 3. The molecule has 3 heteroatoms. The summed E-state index contributed by atoms with van der Waals surface area (Å²) in [5, 5.41) is 9.79. The van der Waals surface area contributed by atoms with Gasteiger partial charge in [-0.25, -0.2) is 9.97 Å². The zero-order valence-corrected chi connectivity index (χ0v) is 9.61. The van der Waals surface area contributed by atoms with Crippen LogP contribution in [0, 0.1) is 6.92 Å². The average Bonchev–Trinajstić information content (AvgIpc) is 2.25. The van der Waals surface area contributed by atoms with Crippen molar-refractivity contribution in [3.05, 3.63) is 23.8 Å². The van der Waals surface area contributed by atoms with Gasteiger partial charge in [-0.2, -0.15) is 0 Å². The van der Waals surface area contributed by atoms with E-state index >= 15 is 0 Å². The van der Waals surface area contributed by atoms with E-state index in [4.69, 9.17) is 0 Å². The molecular formula is C12H20N2O. The van der Waals surface area contributed by atoms with Gasteiger partial charge >= 0.3 is 0 Å². The fourth-order valence-electron chi connectivity index (χ4n) is 1.47. The molecule has 1 unspecified atom stereocenters. The summed E-state index contributed by atoms with van der Waals surface area (Å²) in [5.41, 5.74) is 1.02. The third kappa shape index (κ3) is 4.38. The van der Waals surface area contributed by atoms with Crippen molar-refractivity contribution in [1.82, 2.24) is 9.97 Å². The number of hydrogen-bond donors (Lipinski definition) is 1. The number of aromatic nitrogens is 2. The lowest BCUT2D eigenvalue weighted by atomic mass is 10.1. The van der Waals surface area contributed by atoms with Gasteiger partial charge in [-0.3, -0.25) is 0 Å². The second-order valence-electron chi connectivity index (χ2n) is 3.98. The minimum atomic E-state index is -0.498. The van der Waals surface area contributed by atoms with Crippen LogP contribution in [0.15, 0.2) is 12.4 Å². The number of aliphatic hydroxyl groups excluding tert-OH is 1. The highest BCUT2D eigenvalue weighted by molar-refractivity contribution is 5.03. The van der Waals surface area contributed by atoms with Crippen molar-refractivity contribution in [2.75, 3.05) is 0 Å². The van der Waals surface area contributed by atoms with Crippen LogP contribution in [0.5, 0.6) is 0 Å². The second-order valence-corrected chi connectivity index (χ2v) is 3.98. The Balaban J connectivity index is 2.33. The van der Waals surface area contributed by atoms with Crippen molar-refractivity contribution in [1.29, 1.82) is 0 Å². The van der Waals surface area contributed by atoms with Crippen molar-refractivity contribution in [3.63, 3.8) is 0 Å². The molecule has 84 valence electrons. The first-order valence-corrected chi connectivity index (χ1v) is 5.70. The predicted octanol–water partition coefficient (Wildman–Crippen LogP) is 2.79. The van der Waals surface area contributed by atoms with Crippen molar-refractivity contribution < 1.29 is 5.11 Å². The third-order valence-electron chi connectivity index (χ3n) is 2.43. The van der Waals surface area contributed by atoms with Gasteiger partial charge in [0, 0.05) is 12.4 Å². The van der Waals surface area contributed by atoms with Crippen LogP contribution in [-0.2, 0) is 0 Å². The maximum atomic E-state index is 9.79. The van der Waals surface area contributed by atoms with Crippen LogP contribution in [0.4, 0.5) is 0 Å². The molecule has 1 N–H and O–H groups in total. The van der Waals surface area contributed by atoms with Crippen molar-refractivity contribution in [3.8, 4) is 0 Å². The number of aryl methyl sites for hydroxylation is 1. The predicted molar refractivity (Wildman–Crippen MR) is 60.5 cm³/mol. The van der Waals surface area contributed by atoms with Gasteiger partial charge in [0.2, 0.25) is 0 Å². The van der Waals surface area contributed by atoms with Gasteiger partial charge in [-0.05, 0) is 18.9 Å². The highest BCUT2D eigenvalue weighted by Crippen LogP contribution is 2.16. The molecule has 0 amide bonds. The Morgan fingerprint density at radius 1 is 1.20 bits per heavy atom. The van der Waals surface area contributed by atoms with Crippen LogP contribution in [0.3, 0.4) is 0 Å². The molecule has 1 rings (SSSR count). The molecule has 1 aromatic heterocycles. The quantitative estimate of drug-likeness (QED) is 0.731. The fourth-order valence-corrected chi connectivity index (χ4v) is 1.47. The molecule has 0 aliphatic heterocycles. The zero-order valence-electron chi connectivity index (χ0n) is 9.61. The summed E-state index contributed by atoms with van der Waals surface area (Å²) in [4.78, 5) is 8.23. The average molecular weight is 208 g/mol. The van der Waals surface area contributed by atoms with Gasteiger partial charge in [0.15, 0.2) is 5.82 Å². The molecule has 1 atom stereocenters. The first kappa shape index (κ1) is 12.1. The van der Waals surface area contributed by atoms with Crippen LogP contribution in [0.2, 0.25) is 0 Å².